The number of nitrogens with one attached hydrogen (secondary N) is 8. The van der Waals surface area contributed by atoms with E-state index in [0.29, 0.717) is 35.6 Å². The normalized spacial score (nSPS) is 17.0. The summed E-state index contributed by atoms with van der Waals surface area (Å²) in [4.78, 5) is 118. The van der Waals surface area contributed by atoms with E-state index in [-0.39, 0.29) is 18.6 Å². The van der Waals surface area contributed by atoms with Crippen LogP contribution in [0, 0.1) is 11.8 Å². The van der Waals surface area contributed by atoms with Crippen molar-refractivity contribution in [3.8, 4) is 5.75 Å². The molecule has 2 aromatic carbocycles. The highest BCUT2D eigenvalue weighted by Crippen LogP contribution is 2.15. The SMILES string of the molecule is CC[C@H](C)[C@H](NC(=O)[C@H](CC(=O)O)NC(=O)[C@H](Cc1ccccc1)NC(=O)[C@@H](C)NC(=O)[C@H](Cc1ccc(O)cc1)NC(=O)[C@H]1CSCN1)C(=O)N[C@H](C(=O)NCC(N)=O)[C@@H](C)CC. The number of aromatic hydroxyl groups is 1. The highest BCUT2D eigenvalue weighted by Gasteiger charge is 2.36. The molecule has 1 saturated heterocycles. The second-order valence-corrected chi connectivity index (χ2v) is 16.8. The van der Waals surface area contributed by atoms with Crippen LogP contribution < -0.4 is 48.3 Å². The minimum absolute atomic E-state index is 0.00586. The maximum atomic E-state index is 14.0. The van der Waals surface area contributed by atoms with Crippen molar-refractivity contribution in [2.24, 2.45) is 17.6 Å². The number of benzene rings is 2. The lowest BCUT2D eigenvalue weighted by Gasteiger charge is -2.30. The number of carbonyl (C=O) groups is 9. The number of rotatable bonds is 25. The average Bonchev–Trinajstić information content (AvgIpc) is 3.81. The Bertz CT molecular complexity index is 1950. The molecule has 3 rings (SSSR count). The summed E-state index contributed by atoms with van der Waals surface area (Å²) in [6, 6.07) is 6.00. The Hall–Kier alpha value is -6.22. The molecular formula is C43H61N9O11S. The maximum Gasteiger partial charge on any atom is 0.305 e. The lowest BCUT2D eigenvalue weighted by atomic mass is 9.94. The summed E-state index contributed by atoms with van der Waals surface area (Å²) < 4.78 is 0. The van der Waals surface area contributed by atoms with Gasteiger partial charge in [-0.25, -0.2) is 0 Å². The molecule has 1 aliphatic rings. The minimum Gasteiger partial charge on any atom is -0.508 e. The zero-order valence-corrected chi connectivity index (χ0v) is 37.4. The lowest BCUT2D eigenvalue weighted by Crippen LogP contribution is -2.61. The molecule has 0 saturated carbocycles. The molecule has 0 aromatic heterocycles. The smallest absolute Gasteiger partial charge is 0.305 e. The van der Waals surface area contributed by atoms with Crippen molar-refractivity contribution < 1.29 is 53.4 Å². The number of phenolic OH excluding ortho intramolecular Hbond substituents is 1. The van der Waals surface area contributed by atoms with Gasteiger partial charge in [-0.15, -0.1) is 11.8 Å². The number of hydrogen-bond acceptors (Lipinski definition) is 12. The fourth-order valence-corrected chi connectivity index (χ4v) is 7.43. The number of amides is 8. The van der Waals surface area contributed by atoms with Crippen molar-refractivity contribution in [2.45, 2.75) is 109 Å². The third-order valence-electron chi connectivity index (χ3n) is 10.7. The van der Waals surface area contributed by atoms with Gasteiger partial charge in [0, 0.05) is 24.5 Å². The first-order chi connectivity index (χ1) is 30.3. The van der Waals surface area contributed by atoms with Gasteiger partial charge in [0.1, 0.15) is 42.0 Å². The van der Waals surface area contributed by atoms with E-state index in [0.717, 1.165) is 0 Å². The van der Waals surface area contributed by atoms with E-state index in [1.165, 1.54) is 30.8 Å². The maximum absolute atomic E-state index is 14.0. The summed E-state index contributed by atoms with van der Waals surface area (Å²) >= 11 is 1.52. The molecule has 0 spiro atoms. The van der Waals surface area contributed by atoms with Crippen LogP contribution in [0.3, 0.4) is 0 Å². The fourth-order valence-electron chi connectivity index (χ4n) is 6.49. The van der Waals surface area contributed by atoms with Gasteiger partial charge in [-0.3, -0.25) is 48.5 Å². The monoisotopic (exact) mass is 911 g/mol. The van der Waals surface area contributed by atoms with Crippen LogP contribution in [0.5, 0.6) is 5.75 Å². The van der Waals surface area contributed by atoms with Gasteiger partial charge in [0.25, 0.3) is 0 Å². The van der Waals surface area contributed by atoms with Crippen LogP contribution in [0.1, 0.15) is 65.0 Å². The molecule has 2 aromatic rings. The summed E-state index contributed by atoms with van der Waals surface area (Å²) in [7, 11) is 0. The quantitative estimate of drug-likeness (QED) is 0.0567. The first-order valence-corrected chi connectivity index (χ1v) is 22.2. The van der Waals surface area contributed by atoms with Crippen molar-refractivity contribution >= 4 is 65.0 Å². The van der Waals surface area contributed by atoms with Crippen molar-refractivity contribution in [2.75, 3.05) is 18.2 Å². The molecule has 350 valence electrons. The molecule has 9 atom stereocenters. The van der Waals surface area contributed by atoms with Crippen molar-refractivity contribution in [3.05, 3.63) is 65.7 Å². The van der Waals surface area contributed by atoms with Crippen molar-refractivity contribution in [1.82, 2.24) is 42.5 Å². The third-order valence-corrected chi connectivity index (χ3v) is 11.7. The molecule has 20 nitrogen and oxygen atoms in total. The largest absolute Gasteiger partial charge is 0.508 e. The molecule has 21 heteroatoms. The van der Waals surface area contributed by atoms with Crippen LogP contribution in [0.15, 0.2) is 54.6 Å². The Morgan fingerprint density at radius 2 is 1.19 bits per heavy atom. The lowest BCUT2D eigenvalue weighted by molar-refractivity contribution is -0.142. The summed E-state index contributed by atoms with van der Waals surface area (Å²) in [6.07, 6.45) is -0.219. The predicted octanol–water partition coefficient (Wildman–Crippen LogP) is -1.06. The van der Waals surface area contributed by atoms with Crippen molar-refractivity contribution in [3.63, 3.8) is 0 Å². The highest BCUT2D eigenvalue weighted by molar-refractivity contribution is 7.99. The zero-order valence-electron chi connectivity index (χ0n) is 36.6. The van der Waals surface area contributed by atoms with Gasteiger partial charge < -0.3 is 53.2 Å². The van der Waals surface area contributed by atoms with Gasteiger partial charge in [0.15, 0.2) is 0 Å². The Labute approximate surface area is 376 Å². The number of hydrogen-bond donors (Lipinski definition) is 11. The van der Waals surface area contributed by atoms with Crippen LogP contribution in [0.2, 0.25) is 0 Å². The fraction of sp³-hybridized carbons (Fsp3) is 0.512. The Morgan fingerprint density at radius 3 is 1.73 bits per heavy atom. The van der Waals surface area contributed by atoms with E-state index in [2.05, 4.69) is 42.5 Å². The minimum atomic E-state index is -1.75. The molecule has 1 heterocycles. The second-order valence-electron chi connectivity index (χ2n) is 15.8. The molecule has 1 aliphatic heterocycles. The molecule has 0 unspecified atom stereocenters. The van der Waals surface area contributed by atoms with Crippen LogP contribution in [0.25, 0.3) is 0 Å². The van der Waals surface area contributed by atoms with E-state index in [4.69, 9.17) is 5.73 Å². The number of carboxylic acid groups (broad SMARTS) is 1. The third kappa shape index (κ3) is 16.8. The van der Waals surface area contributed by atoms with Crippen molar-refractivity contribution in [1.29, 1.82) is 0 Å². The molecule has 1 fully saturated rings. The molecular weight excluding hydrogens is 851 g/mol. The summed E-state index contributed by atoms with van der Waals surface area (Å²) in [6.45, 7) is 7.79. The number of nitrogens with two attached hydrogens (primary N) is 1. The summed E-state index contributed by atoms with van der Waals surface area (Å²) in [5, 5.41) is 40.5. The van der Waals surface area contributed by atoms with Crippen LogP contribution in [-0.4, -0.2) is 124 Å². The highest BCUT2D eigenvalue weighted by atomic mass is 32.2. The van der Waals surface area contributed by atoms with Gasteiger partial charge in [-0.2, -0.15) is 0 Å². The number of aliphatic carboxylic acids is 1. The van der Waals surface area contributed by atoms with Crippen LogP contribution in [0.4, 0.5) is 0 Å². The van der Waals surface area contributed by atoms with Gasteiger partial charge in [-0.1, -0.05) is 83.0 Å². The molecule has 0 aliphatic carbocycles. The predicted molar refractivity (Wildman–Crippen MR) is 237 cm³/mol. The Morgan fingerprint density at radius 1 is 0.672 bits per heavy atom. The molecule has 0 bridgehead atoms. The van der Waals surface area contributed by atoms with E-state index >= 15 is 0 Å². The van der Waals surface area contributed by atoms with Gasteiger partial charge in [-0.05, 0) is 42.0 Å². The second kappa shape index (κ2) is 25.8. The van der Waals surface area contributed by atoms with Gasteiger partial charge >= 0.3 is 5.97 Å². The van der Waals surface area contributed by atoms with E-state index in [1.54, 1.807) is 70.2 Å². The number of carbonyl (C=O) groups excluding carboxylic acids is 8. The molecule has 8 amide bonds. The first-order valence-electron chi connectivity index (χ1n) is 21.1. The molecule has 64 heavy (non-hydrogen) atoms. The molecule has 0 radical (unpaired) electrons. The van der Waals surface area contributed by atoms with E-state index in [9.17, 15) is 53.4 Å². The zero-order chi connectivity index (χ0) is 47.5. The summed E-state index contributed by atoms with van der Waals surface area (Å²) in [5.41, 5.74) is 6.36. The first kappa shape index (κ1) is 52.1. The molecule has 12 N–H and O–H groups in total. The van der Waals surface area contributed by atoms with E-state index < -0.39 is 120 Å². The Kier molecular flexibility index (Phi) is 21.0. The van der Waals surface area contributed by atoms with Crippen LogP contribution in [-0.2, 0) is 56.0 Å². The van der Waals surface area contributed by atoms with Gasteiger partial charge in [0.2, 0.25) is 47.3 Å². The number of primary amides is 1. The number of carboxylic acids is 1. The average molecular weight is 912 g/mol. The summed E-state index contributed by atoms with van der Waals surface area (Å²) in [5.74, 6) is -7.56. The van der Waals surface area contributed by atoms with Gasteiger partial charge in [0.05, 0.1) is 19.0 Å². The number of thioether (sulfide) groups is 1. The Balaban J connectivity index is 1.83. The number of phenols is 1. The van der Waals surface area contributed by atoms with E-state index in [1.807, 2.05) is 0 Å². The topological polar surface area (TPSA) is 316 Å². The van der Waals surface area contributed by atoms with Crippen LogP contribution >= 0.6 is 11.8 Å². The standard InChI is InChI=1S/C43H61N9O11S/c1-6-23(3)35(42(62)45-20-33(44)54)52-43(63)36(24(4)7-2)51-40(60)31(19-34(55)56)50-39(59)30(17-26-11-9-8-10-12-26)48-37(57)25(5)47-38(58)29(18-27-13-15-28(53)16-14-27)49-41(61)32-21-64-22-46-32/h8-16,23-25,29-32,35-36,46,53H,6-7,17-22H2,1-5H3,(H2,44,54)(H,45,62)(H,47,58)(H,48,57)(H,49,61)(H,50,59)(H,51,60)(H,52,63)(H,55,56)/t23-,24-,25+,29-,30-,31-,32+,35-,36-/m0/s1.